The number of halogens is 3. The summed E-state index contributed by atoms with van der Waals surface area (Å²) >= 11 is 0. The first-order chi connectivity index (χ1) is 17.2. The summed E-state index contributed by atoms with van der Waals surface area (Å²) in [4.78, 5) is 18.7. The number of carbonyl (C=O) groups is 1. The fraction of sp³-hybridized carbons (Fsp3) is 0.296. The summed E-state index contributed by atoms with van der Waals surface area (Å²) in [6, 6.07) is 10.2. The summed E-state index contributed by atoms with van der Waals surface area (Å²) in [6.07, 6.45) is 3.22. The fourth-order valence-corrected chi connectivity index (χ4v) is 4.44. The summed E-state index contributed by atoms with van der Waals surface area (Å²) in [5, 5.41) is 12.8. The number of rotatable bonds is 6. The highest BCUT2D eigenvalue weighted by atomic mass is 19.4. The van der Waals surface area contributed by atoms with Crippen molar-refractivity contribution in [3.05, 3.63) is 77.1 Å². The Kier molecular flexibility index (Phi) is 7.69. The molecule has 0 unspecified atom stereocenters. The molecule has 1 aliphatic rings. The molecule has 36 heavy (non-hydrogen) atoms. The van der Waals surface area contributed by atoms with Gasteiger partial charge in [-0.15, -0.1) is 0 Å². The molecule has 2 amide bonds. The number of likely N-dealkylation sites (tertiary alicyclic amines) is 1. The van der Waals surface area contributed by atoms with Gasteiger partial charge in [0.2, 0.25) is 0 Å². The minimum absolute atomic E-state index is 0.0697. The molecule has 2 heterocycles. The van der Waals surface area contributed by atoms with Gasteiger partial charge >= 0.3 is 12.2 Å². The maximum atomic E-state index is 13.8. The van der Waals surface area contributed by atoms with Crippen molar-refractivity contribution in [2.75, 3.05) is 23.7 Å². The molecule has 0 bridgehead atoms. The molecule has 0 aliphatic carbocycles. The molecular weight excluding hydrogens is 467 g/mol. The van der Waals surface area contributed by atoms with Crippen molar-refractivity contribution in [3.63, 3.8) is 0 Å². The van der Waals surface area contributed by atoms with E-state index in [0.29, 0.717) is 5.69 Å². The molecule has 1 aromatic heterocycles. The van der Waals surface area contributed by atoms with Crippen LogP contribution in [-0.4, -0.2) is 35.2 Å². The van der Waals surface area contributed by atoms with E-state index < -0.39 is 17.8 Å². The van der Waals surface area contributed by atoms with Gasteiger partial charge in [-0.25, -0.2) is 4.79 Å². The Morgan fingerprint density at radius 2 is 1.69 bits per heavy atom. The first-order valence-electron chi connectivity index (χ1n) is 11.8. The average Bonchev–Trinajstić information content (AvgIpc) is 2.85. The SMILES string of the molecule is Cc1cncc(-c2ccc(NC(=O)Nc3ccc(CN4CCCCC4)c(C(F)(F)F)c3)cc2)c1C=N. The molecular formula is C27H28F3N5O. The Morgan fingerprint density at radius 1 is 1.03 bits per heavy atom. The minimum atomic E-state index is -4.52. The summed E-state index contributed by atoms with van der Waals surface area (Å²) in [6.45, 7) is 3.70. The predicted molar refractivity (Wildman–Crippen MR) is 136 cm³/mol. The lowest BCUT2D eigenvalue weighted by atomic mass is 9.99. The van der Waals surface area contributed by atoms with Crippen LogP contribution in [-0.2, 0) is 12.7 Å². The van der Waals surface area contributed by atoms with Crippen molar-refractivity contribution in [3.8, 4) is 11.1 Å². The van der Waals surface area contributed by atoms with E-state index in [1.807, 2.05) is 11.8 Å². The molecule has 188 valence electrons. The Labute approximate surface area is 208 Å². The lowest BCUT2D eigenvalue weighted by Crippen LogP contribution is -2.30. The van der Waals surface area contributed by atoms with Gasteiger partial charge < -0.3 is 16.0 Å². The number of benzene rings is 2. The normalized spacial score (nSPS) is 14.3. The molecule has 4 rings (SSSR count). The van der Waals surface area contributed by atoms with E-state index in [9.17, 15) is 18.0 Å². The highest BCUT2D eigenvalue weighted by molar-refractivity contribution is 6.00. The molecule has 0 spiro atoms. The van der Waals surface area contributed by atoms with Crippen molar-refractivity contribution < 1.29 is 18.0 Å². The van der Waals surface area contributed by atoms with E-state index in [2.05, 4.69) is 15.6 Å². The van der Waals surface area contributed by atoms with Gasteiger partial charge in [0.05, 0.1) is 5.56 Å². The summed E-state index contributed by atoms with van der Waals surface area (Å²) in [5.41, 5.74) is 3.29. The van der Waals surface area contributed by atoms with Crippen LogP contribution in [0.15, 0.2) is 54.9 Å². The molecule has 0 atom stereocenters. The third-order valence-corrected chi connectivity index (χ3v) is 6.30. The van der Waals surface area contributed by atoms with Gasteiger partial charge in [-0.2, -0.15) is 13.2 Å². The number of pyridine rings is 1. The lowest BCUT2D eigenvalue weighted by molar-refractivity contribution is -0.138. The Balaban J connectivity index is 1.45. The summed E-state index contributed by atoms with van der Waals surface area (Å²) in [7, 11) is 0. The number of amides is 2. The molecule has 0 radical (unpaired) electrons. The predicted octanol–water partition coefficient (Wildman–Crippen LogP) is 6.70. The van der Waals surface area contributed by atoms with Crippen LogP contribution in [0.3, 0.4) is 0 Å². The van der Waals surface area contributed by atoms with Gasteiger partial charge in [-0.05, 0) is 73.8 Å². The Morgan fingerprint density at radius 3 is 2.36 bits per heavy atom. The first-order valence-corrected chi connectivity index (χ1v) is 11.8. The number of urea groups is 1. The zero-order valence-electron chi connectivity index (χ0n) is 20.0. The molecule has 1 fully saturated rings. The third-order valence-electron chi connectivity index (χ3n) is 6.30. The quantitative estimate of drug-likeness (QED) is 0.333. The van der Waals surface area contributed by atoms with E-state index in [-0.39, 0.29) is 17.8 Å². The number of aryl methyl sites for hydroxylation is 1. The number of aromatic nitrogens is 1. The van der Waals surface area contributed by atoms with Gasteiger partial charge in [-0.1, -0.05) is 24.6 Å². The molecule has 3 aromatic rings. The smallest absolute Gasteiger partial charge is 0.308 e. The van der Waals surface area contributed by atoms with E-state index in [0.717, 1.165) is 60.7 Å². The van der Waals surface area contributed by atoms with E-state index >= 15 is 0 Å². The molecule has 1 aliphatic heterocycles. The maximum Gasteiger partial charge on any atom is 0.416 e. The van der Waals surface area contributed by atoms with Gasteiger partial charge in [0, 0.05) is 47.7 Å². The molecule has 3 N–H and O–H groups in total. The molecule has 6 nitrogen and oxygen atoms in total. The van der Waals surface area contributed by atoms with Crippen LogP contribution in [0.5, 0.6) is 0 Å². The van der Waals surface area contributed by atoms with E-state index in [1.165, 1.54) is 18.3 Å². The maximum absolute atomic E-state index is 13.8. The monoisotopic (exact) mass is 495 g/mol. The van der Waals surface area contributed by atoms with Crippen LogP contribution in [0.1, 0.15) is 41.5 Å². The van der Waals surface area contributed by atoms with Crippen molar-refractivity contribution in [2.24, 2.45) is 0 Å². The van der Waals surface area contributed by atoms with Crippen LogP contribution >= 0.6 is 0 Å². The number of hydrogen-bond acceptors (Lipinski definition) is 4. The average molecular weight is 496 g/mol. The zero-order chi connectivity index (χ0) is 25.7. The highest BCUT2D eigenvalue weighted by Crippen LogP contribution is 2.35. The summed E-state index contributed by atoms with van der Waals surface area (Å²) in [5.74, 6) is 0. The second kappa shape index (κ2) is 10.9. The lowest BCUT2D eigenvalue weighted by Gasteiger charge is -2.27. The van der Waals surface area contributed by atoms with Crippen LogP contribution in [0.25, 0.3) is 11.1 Å². The highest BCUT2D eigenvalue weighted by Gasteiger charge is 2.34. The summed E-state index contributed by atoms with van der Waals surface area (Å²) < 4.78 is 41.3. The number of carbonyl (C=O) groups excluding carboxylic acids is 1. The molecule has 0 saturated carbocycles. The topological polar surface area (TPSA) is 81.1 Å². The molecule has 2 aromatic carbocycles. The largest absolute Gasteiger partial charge is 0.416 e. The minimum Gasteiger partial charge on any atom is -0.308 e. The molecule has 1 saturated heterocycles. The standard InChI is InChI=1S/C27H28F3N5O/c1-18-15-32-16-24(23(18)14-31)19-5-8-21(9-6-19)33-26(36)34-22-10-7-20(25(13-22)27(28,29)30)17-35-11-3-2-4-12-35/h5-10,13-16,31H,2-4,11-12,17H2,1H3,(H2,33,34,36). The van der Waals surface area contributed by atoms with Crippen molar-refractivity contribution in [1.82, 2.24) is 9.88 Å². The number of alkyl halides is 3. The fourth-order valence-electron chi connectivity index (χ4n) is 4.44. The van der Waals surface area contributed by atoms with Crippen LogP contribution < -0.4 is 10.6 Å². The van der Waals surface area contributed by atoms with Crippen LogP contribution in [0.4, 0.5) is 29.3 Å². The van der Waals surface area contributed by atoms with Gasteiger partial charge in [0.15, 0.2) is 0 Å². The number of nitrogens with zero attached hydrogens (tertiary/aromatic N) is 2. The number of anilines is 2. The first kappa shape index (κ1) is 25.4. The zero-order valence-corrected chi connectivity index (χ0v) is 20.0. The van der Waals surface area contributed by atoms with Crippen molar-refractivity contribution >= 4 is 23.6 Å². The van der Waals surface area contributed by atoms with Gasteiger partial charge in [0.1, 0.15) is 0 Å². The van der Waals surface area contributed by atoms with Gasteiger partial charge in [-0.3, -0.25) is 9.88 Å². The Bertz CT molecular complexity index is 1240. The number of piperidine rings is 1. The second-order valence-electron chi connectivity index (χ2n) is 8.92. The van der Waals surface area contributed by atoms with E-state index in [1.54, 1.807) is 36.7 Å². The molecule has 9 heteroatoms. The number of nitrogens with one attached hydrogen (secondary N) is 3. The van der Waals surface area contributed by atoms with Crippen LogP contribution in [0, 0.1) is 12.3 Å². The van der Waals surface area contributed by atoms with Crippen molar-refractivity contribution in [1.29, 1.82) is 5.41 Å². The third kappa shape index (κ3) is 6.09. The number of hydrogen-bond donors (Lipinski definition) is 3. The van der Waals surface area contributed by atoms with Gasteiger partial charge in [0.25, 0.3) is 0 Å². The van der Waals surface area contributed by atoms with Crippen molar-refractivity contribution in [2.45, 2.75) is 38.9 Å². The van der Waals surface area contributed by atoms with Crippen LogP contribution in [0.2, 0.25) is 0 Å². The second-order valence-corrected chi connectivity index (χ2v) is 8.92. The Hall–Kier alpha value is -3.72. The van der Waals surface area contributed by atoms with E-state index in [4.69, 9.17) is 5.41 Å².